The summed E-state index contributed by atoms with van der Waals surface area (Å²) in [5.41, 5.74) is 4.59. The summed E-state index contributed by atoms with van der Waals surface area (Å²) in [6.45, 7) is 7.44. The van der Waals surface area contributed by atoms with Gasteiger partial charge in [-0.3, -0.25) is 19.7 Å². The van der Waals surface area contributed by atoms with Crippen molar-refractivity contribution in [3.05, 3.63) is 59.2 Å². The third-order valence-corrected chi connectivity index (χ3v) is 4.97. The molecule has 2 aromatic rings. The number of hydrogen-bond donors (Lipinski definition) is 1. The van der Waals surface area contributed by atoms with Crippen LogP contribution < -0.4 is 5.32 Å². The molecule has 1 aromatic carbocycles. The van der Waals surface area contributed by atoms with Crippen molar-refractivity contribution in [2.75, 3.05) is 13.1 Å². The van der Waals surface area contributed by atoms with Gasteiger partial charge >= 0.3 is 0 Å². The lowest BCUT2D eigenvalue weighted by molar-refractivity contribution is -0.119. The average molecular weight is 352 g/mol. The largest absolute Gasteiger partial charge is 0.351 e. The molecular formula is C21H28N4O. The van der Waals surface area contributed by atoms with E-state index in [-0.39, 0.29) is 5.91 Å². The van der Waals surface area contributed by atoms with Crippen LogP contribution in [0.15, 0.2) is 36.7 Å². The number of piperidine rings is 1. The van der Waals surface area contributed by atoms with Crippen molar-refractivity contribution >= 4 is 5.91 Å². The Morgan fingerprint density at radius 2 is 1.92 bits per heavy atom. The summed E-state index contributed by atoms with van der Waals surface area (Å²) in [6, 6.07) is 8.80. The fourth-order valence-electron chi connectivity index (χ4n) is 3.51. The fraction of sp³-hybridized carbons (Fsp3) is 0.476. The van der Waals surface area contributed by atoms with Gasteiger partial charge in [0.25, 0.3) is 0 Å². The van der Waals surface area contributed by atoms with Crippen molar-refractivity contribution in [3.63, 3.8) is 0 Å². The Labute approximate surface area is 155 Å². The zero-order valence-electron chi connectivity index (χ0n) is 15.7. The number of carbonyl (C=O) groups is 1. The van der Waals surface area contributed by atoms with E-state index in [0.717, 1.165) is 37.4 Å². The Balaban J connectivity index is 1.44. The summed E-state index contributed by atoms with van der Waals surface area (Å²) in [7, 11) is 0. The maximum absolute atomic E-state index is 10.9. The van der Waals surface area contributed by atoms with Crippen molar-refractivity contribution in [2.24, 2.45) is 5.92 Å². The molecule has 26 heavy (non-hydrogen) atoms. The molecule has 0 unspecified atom stereocenters. The van der Waals surface area contributed by atoms with Gasteiger partial charge in [0, 0.05) is 19.7 Å². The van der Waals surface area contributed by atoms with E-state index in [1.165, 1.54) is 30.9 Å². The first-order valence-electron chi connectivity index (χ1n) is 9.40. The molecule has 3 rings (SSSR count). The number of rotatable bonds is 6. The molecule has 1 amide bonds. The molecule has 0 saturated carbocycles. The van der Waals surface area contributed by atoms with Gasteiger partial charge < -0.3 is 5.32 Å². The quantitative estimate of drug-likeness (QED) is 0.868. The van der Waals surface area contributed by atoms with E-state index in [9.17, 15) is 4.79 Å². The van der Waals surface area contributed by atoms with Gasteiger partial charge in [0.2, 0.25) is 5.91 Å². The van der Waals surface area contributed by atoms with Gasteiger partial charge in [-0.25, -0.2) is 0 Å². The molecule has 0 radical (unpaired) electrons. The Hall–Kier alpha value is -2.27. The molecule has 0 spiro atoms. The summed E-state index contributed by atoms with van der Waals surface area (Å²) >= 11 is 0. The lowest BCUT2D eigenvalue weighted by Crippen LogP contribution is -2.34. The number of amides is 1. The van der Waals surface area contributed by atoms with Crippen molar-refractivity contribution in [1.29, 1.82) is 0 Å². The first-order chi connectivity index (χ1) is 12.6. The number of aryl methyl sites for hydroxylation is 1. The first kappa shape index (κ1) is 18.5. The van der Waals surface area contributed by atoms with Gasteiger partial charge in [-0.2, -0.15) is 0 Å². The zero-order chi connectivity index (χ0) is 18.4. The Morgan fingerprint density at radius 3 is 2.58 bits per heavy atom. The summed E-state index contributed by atoms with van der Waals surface area (Å²) in [4.78, 5) is 22.4. The second-order valence-corrected chi connectivity index (χ2v) is 7.32. The molecule has 2 heterocycles. The predicted octanol–water partition coefficient (Wildman–Crippen LogP) is 2.88. The van der Waals surface area contributed by atoms with E-state index in [4.69, 9.17) is 0 Å². The van der Waals surface area contributed by atoms with Crippen LogP contribution >= 0.6 is 0 Å². The van der Waals surface area contributed by atoms with E-state index < -0.39 is 0 Å². The number of nitrogens with zero attached hydrogens (tertiary/aromatic N) is 3. The van der Waals surface area contributed by atoms with Crippen LogP contribution in [0.1, 0.15) is 42.3 Å². The lowest BCUT2D eigenvalue weighted by Gasteiger charge is -2.32. The number of hydrogen-bond acceptors (Lipinski definition) is 4. The van der Waals surface area contributed by atoms with Crippen LogP contribution in [0.5, 0.6) is 0 Å². The van der Waals surface area contributed by atoms with Crippen molar-refractivity contribution in [1.82, 2.24) is 20.2 Å². The molecule has 1 aromatic heterocycles. The summed E-state index contributed by atoms with van der Waals surface area (Å²) < 4.78 is 0. The third kappa shape index (κ3) is 5.63. The maximum Gasteiger partial charge on any atom is 0.217 e. The van der Waals surface area contributed by atoms with Crippen LogP contribution in [0, 0.1) is 12.8 Å². The molecule has 0 bridgehead atoms. The van der Waals surface area contributed by atoms with Gasteiger partial charge in [-0.05, 0) is 50.8 Å². The summed E-state index contributed by atoms with van der Waals surface area (Å²) in [5.74, 6) is 0.632. The highest BCUT2D eigenvalue weighted by molar-refractivity contribution is 5.72. The standard InChI is InChI=1S/C21H28N4O/c1-16-4-3-5-19(10-16)15-25-8-6-18(7-9-25)11-20-12-24-21(14-23-20)13-22-17(2)26/h3-5,10,12,14,18H,6-9,11,13,15H2,1-2H3,(H,22,26). The minimum atomic E-state index is -0.0479. The van der Waals surface area contributed by atoms with Crippen LogP contribution in [0.2, 0.25) is 0 Å². The Bertz CT molecular complexity index is 721. The lowest BCUT2D eigenvalue weighted by atomic mass is 9.92. The third-order valence-electron chi connectivity index (χ3n) is 4.97. The van der Waals surface area contributed by atoms with E-state index in [2.05, 4.69) is 51.4 Å². The van der Waals surface area contributed by atoms with Crippen LogP contribution in [-0.4, -0.2) is 33.9 Å². The van der Waals surface area contributed by atoms with Gasteiger partial charge in [0.15, 0.2) is 0 Å². The predicted molar refractivity (Wildman–Crippen MR) is 102 cm³/mol. The normalized spacial score (nSPS) is 15.8. The first-order valence-corrected chi connectivity index (χ1v) is 9.40. The van der Waals surface area contributed by atoms with Crippen LogP contribution in [0.25, 0.3) is 0 Å². The number of likely N-dealkylation sites (tertiary alicyclic amines) is 1. The Morgan fingerprint density at radius 1 is 1.19 bits per heavy atom. The molecule has 1 aliphatic rings. The zero-order valence-corrected chi connectivity index (χ0v) is 15.7. The van der Waals surface area contributed by atoms with Gasteiger partial charge in [0.1, 0.15) is 0 Å². The van der Waals surface area contributed by atoms with E-state index >= 15 is 0 Å². The second kappa shape index (κ2) is 8.90. The van der Waals surface area contributed by atoms with Gasteiger partial charge in [-0.15, -0.1) is 0 Å². The summed E-state index contributed by atoms with van der Waals surface area (Å²) in [6.07, 6.45) is 7.04. The van der Waals surface area contributed by atoms with Crippen molar-refractivity contribution in [2.45, 2.75) is 46.2 Å². The molecule has 0 aliphatic carbocycles. The highest BCUT2D eigenvalue weighted by atomic mass is 16.1. The minimum Gasteiger partial charge on any atom is -0.351 e. The number of benzene rings is 1. The van der Waals surface area contributed by atoms with Crippen LogP contribution in [-0.2, 0) is 24.3 Å². The SMILES string of the molecule is CC(=O)NCc1cnc(CC2CCN(Cc3cccc(C)c3)CC2)cn1. The fourth-order valence-corrected chi connectivity index (χ4v) is 3.51. The van der Waals surface area contributed by atoms with Crippen LogP contribution in [0.3, 0.4) is 0 Å². The molecule has 1 fully saturated rings. The Kier molecular flexibility index (Phi) is 6.34. The number of carbonyl (C=O) groups excluding carboxylic acids is 1. The molecule has 1 aliphatic heterocycles. The van der Waals surface area contributed by atoms with Gasteiger partial charge in [-0.1, -0.05) is 29.8 Å². The molecule has 5 heteroatoms. The monoisotopic (exact) mass is 352 g/mol. The van der Waals surface area contributed by atoms with E-state index in [1.807, 2.05) is 6.20 Å². The molecule has 5 nitrogen and oxygen atoms in total. The topological polar surface area (TPSA) is 58.1 Å². The van der Waals surface area contributed by atoms with E-state index in [1.54, 1.807) is 6.20 Å². The average Bonchev–Trinajstić information content (AvgIpc) is 2.63. The molecule has 138 valence electrons. The van der Waals surface area contributed by atoms with Crippen molar-refractivity contribution in [3.8, 4) is 0 Å². The number of nitrogens with one attached hydrogen (secondary N) is 1. The van der Waals surface area contributed by atoms with Crippen LogP contribution in [0.4, 0.5) is 0 Å². The van der Waals surface area contributed by atoms with Gasteiger partial charge in [0.05, 0.1) is 24.1 Å². The molecule has 1 N–H and O–H groups in total. The molecular weight excluding hydrogens is 324 g/mol. The smallest absolute Gasteiger partial charge is 0.217 e. The van der Waals surface area contributed by atoms with Crippen molar-refractivity contribution < 1.29 is 4.79 Å². The maximum atomic E-state index is 10.9. The minimum absolute atomic E-state index is 0.0479. The van der Waals surface area contributed by atoms with E-state index in [0.29, 0.717) is 12.5 Å². The highest BCUT2D eigenvalue weighted by Crippen LogP contribution is 2.22. The summed E-state index contributed by atoms with van der Waals surface area (Å²) in [5, 5.41) is 2.74. The second-order valence-electron chi connectivity index (χ2n) is 7.32. The molecule has 0 atom stereocenters. The molecule has 1 saturated heterocycles. The number of aromatic nitrogens is 2. The highest BCUT2D eigenvalue weighted by Gasteiger charge is 2.20.